The van der Waals surface area contributed by atoms with Gasteiger partial charge in [-0.05, 0) is 59.2 Å². The van der Waals surface area contributed by atoms with Gasteiger partial charge in [0.1, 0.15) is 23.0 Å². The minimum absolute atomic E-state index is 0.00576. The molecule has 10 heteroatoms. The molecule has 0 heterocycles. The topological polar surface area (TPSA) is 154 Å². The fourth-order valence-electron chi connectivity index (χ4n) is 2.26. The number of hydrogen-bond donors (Lipinski definition) is 3. The molecule has 2 amide bonds. The Bertz CT molecular complexity index is 821. The minimum atomic E-state index is -1.38. The van der Waals surface area contributed by atoms with E-state index < -0.39 is 41.4 Å². The van der Waals surface area contributed by atoms with Crippen molar-refractivity contribution in [3.05, 3.63) is 29.3 Å². The third-order valence-corrected chi connectivity index (χ3v) is 3.35. The summed E-state index contributed by atoms with van der Waals surface area (Å²) in [4.78, 5) is 47.1. The average molecular weight is 424 g/mol. The molecule has 0 saturated carbocycles. The molecule has 166 valence electrons. The van der Waals surface area contributed by atoms with Gasteiger partial charge in [-0.3, -0.25) is 4.79 Å². The highest BCUT2D eigenvalue weighted by Crippen LogP contribution is 2.21. The number of ether oxygens (including phenoxy) is 3. The average Bonchev–Trinajstić information content (AvgIpc) is 2.51. The monoisotopic (exact) mass is 424 g/mol. The van der Waals surface area contributed by atoms with Crippen LogP contribution in [0.5, 0.6) is 5.75 Å². The second kappa shape index (κ2) is 9.47. The standard InChI is InChI=1S/C20H28N2O8/c1-19(2,3)29-17(26)22-14(16(24)25)9-11-7-8-12(10-13(11)15(21)23)28-18(27)30-20(4,5)6/h7-8,10,14H,9H2,1-6H3,(H2,21,23)(H,22,26)(H,24,25). The van der Waals surface area contributed by atoms with Crippen molar-refractivity contribution < 1.29 is 38.5 Å². The van der Waals surface area contributed by atoms with Crippen molar-refractivity contribution in [1.82, 2.24) is 5.32 Å². The van der Waals surface area contributed by atoms with Crippen molar-refractivity contribution in [3.8, 4) is 5.75 Å². The van der Waals surface area contributed by atoms with Gasteiger partial charge in [-0.15, -0.1) is 0 Å². The quantitative estimate of drug-likeness (QED) is 0.465. The molecule has 30 heavy (non-hydrogen) atoms. The Hall–Kier alpha value is -3.30. The molecule has 0 aliphatic rings. The van der Waals surface area contributed by atoms with Gasteiger partial charge in [0.2, 0.25) is 5.91 Å². The minimum Gasteiger partial charge on any atom is -0.480 e. The number of amides is 2. The second-order valence-electron chi connectivity index (χ2n) is 8.49. The number of carboxylic acids is 1. The third kappa shape index (κ3) is 8.80. The van der Waals surface area contributed by atoms with Crippen LogP contribution >= 0.6 is 0 Å². The highest BCUT2D eigenvalue weighted by Gasteiger charge is 2.26. The van der Waals surface area contributed by atoms with E-state index in [1.165, 1.54) is 18.2 Å². The largest absolute Gasteiger partial charge is 0.514 e. The molecule has 1 aromatic rings. The third-order valence-electron chi connectivity index (χ3n) is 3.35. The lowest BCUT2D eigenvalue weighted by Crippen LogP contribution is -2.44. The maximum absolute atomic E-state index is 11.9. The smallest absolute Gasteiger partial charge is 0.480 e. The molecule has 0 aliphatic heterocycles. The lowest BCUT2D eigenvalue weighted by molar-refractivity contribution is -0.139. The molecule has 0 bridgehead atoms. The van der Waals surface area contributed by atoms with Gasteiger partial charge in [-0.2, -0.15) is 0 Å². The van der Waals surface area contributed by atoms with Crippen LogP contribution in [0.15, 0.2) is 18.2 Å². The highest BCUT2D eigenvalue weighted by atomic mass is 16.7. The Morgan fingerprint density at radius 2 is 1.60 bits per heavy atom. The van der Waals surface area contributed by atoms with E-state index in [0.29, 0.717) is 0 Å². The maximum atomic E-state index is 11.9. The van der Waals surface area contributed by atoms with E-state index in [4.69, 9.17) is 19.9 Å². The predicted octanol–water partition coefficient (Wildman–Crippen LogP) is 2.62. The maximum Gasteiger partial charge on any atom is 0.514 e. The van der Waals surface area contributed by atoms with Gasteiger partial charge >= 0.3 is 18.2 Å². The van der Waals surface area contributed by atoms with Crippen molar-refractivity contribution in [3.63, 3.8) is 0 Å². The number of benzene rings is 1. The first-order valence-corrected chi connectivity index (χ1v) is 9.13. The Morgan fingerprint density at radius 3 is 2.07 bits per heavy atom. The normalized spacial score (nSPS) is 12.5. The molecule has 0 spiro atoms. The molecule has 10 nitrogen and oxygen atoms in total. The van der Waals surface area contributed by atoms with Gasteiger partial charge in [-0.1, -0.05) is 6.07 Å². The second-order valence-corrected chi connectivity index (χ2v) is 8.49. The van der Waals surface area contributed by atoms with E-state index in [0.717, 1.165) is 0 Å². The van der Waals surface area contributed by atoms with Crippen molar-refractivity contribution >= 4 is 24.1 Å². The lowest BCUT2D eigenvalue weighted by atomic mass is 9.99. The first-order chi connectivity index (χ1) is 13.6. The first-order valence-electron chi connectivity index (χ1n) is 9.13. The van der Waals surface area contributed by atoms with Crippen molar-refractivity contribution in [2.45, 2.75) is 65.2 Å². The van der Waals surface area contributed by atoms with Crippen LogP contribution in [-0.2, 0) is 20.7 Å². The number of rotatable bonds is 6. The number of carbonyl (C=O) groups is 4. The number of carboxylic acid groups (broad SMARTS) is 1. The van der Waals surface area contributed by atoms with Gasteiger partial charge in [0, 0.05) is 12.0 Å². The van der Waals surface area contributed by atoms with Crippen LogP contribution in [0.2, 0.25) is 0 Å². The van der Waals surface area contributed by atoms with Crippen LogP contribution in [0, 0.1) is 0 Å². The summed E-state index contributed by atoms with van der Waals surface area (Å²) < 4.78 is 15.1. The molecule has 1 unspecified atom stereocenters. The number of hydrogen-bond acceptors (Lipinski definition) is 7. The Labute approximate surface area is 174 Å². The summed E-state index contributed by atoms with van der Waals surface area (Å²) in [5, 5.41) is 11.7. The molecule has 4 N–H and O–H groups in total. The van der Waals surface area contributed by atoms with E-state index >= 15 is 0 Å². The molecule has 1 rings (SSSR count). The van der Waals surface area contributed by atoms with Crippen LogP contribution in [0.4, 0.5) is 9.59 Å². The SMILES string of the molecule is CC(C)(C)OC(=O)NC(Cc1ccc(OC(=O)OC(C)(C)C)cc1C(N)=O)C(=O)O. The van der Waals surface area contributed by atoms with E-state index in [2.05, 4.69) is 5.32 Å². The summed E-state index contributed by atoms with van der Waals surface area (Å²) >= 11 is 0. The van der Waals surface area contributed by atoms with Crippen LogP contribution in [0.3, 0.4) is 0 Å². The molecule has 0 saturated heterocycles. The molecule has 1 atom stereocenters. The Morgan fingerprint density at radius 1 is 1.03 bits per heavy atom. The number of alkyl carbamates (subject to hydrolysis) is 1. The van der Waals surface area contributed by atoms with Gasteiger partial charge in [0.15, 0.2) is 0 Å². The van der Waals surface area contributed by atoms with Crippen molar-refractivity contribution in [1.29, 1.82) is 0 Å². The molecular formula is C20H28N2O8. The first kappa shape index (κ1) is 24.7. The van der Waals surface area contributed by atoms with Crippen LogP contribution in [0.25, 0.3) is 0 Å². The number of nitrogens with one attached hydrogen (secondary N) is 1. The number of carbonyl (C=O) groups excluding carboxylic acids is 3. The zero-order valence-corrected chi connectivity index (χ0v) is 17.9. The molecular weight excluding hydrogens is 396 g/mol. The Balaban J connectivity index is 3.03. The zero-order valence-electron chi connectivity index (χ0n) is 17.9. The van der Waals surface area contributed by atoms with E-state index in [1.54, 1.807) is 41.5 Å². The van der Waals surface area contributed by atoms with Crippen molar-refractivity contribution in [2.75, 3.05) is 0 Å². The lowest BCUT2D eigenvalue weighted by Gasteiger charge is -2.22. The number of nitrogens with two attached hydrogens (primary N) is 1. The summed E-state index contributed by atoms with van der Waals surface area (Å²) in [6.45, 7) is 9.90. The predicted molar refractivity (Wildman–Crippen MR) is 106 cm³/mol. The number of aliphatic carboxylic acids is 1. The number of primary amides is 1. The molecule has 1 aromatic carbocycles. The van der Waals surface area contributed by atoms with Crippen LogP contribution < -0.4 is 15.8 Å². The molecule has 0 aliphatic carbocycles. The summed E-state index contributed by atoms with van der Waals surface area (Å²) in [7, 11) is 0. The van der Waals surface area contributed by atoms with E-state index in [9.17, 15) is 24.3 Å². The summed E-state index contributed by atoms with van der Waals surface area (Å²) in [6.07, 6.45) is -2.14. The Kier molecular flexibility index (Phi) is 7.80. The van der Waals surface area contributed by atoms with Crippen LogP contribution in [-0.4, -0.2) is 46.5 Å². The van der Waals surface area contributed by atoms with Gasteiger partial charge < -0.3 is 30.4 Å². The van der Waals surface area contributed by atoms with E-state index in [1.807, 2.05) is 0 Å². The molecule has 0 fully saturated rings. The van der Waals surface area contributed by atoms with Gasteiger partial charge in [0.05, 0.1) is 0 Å². The van der Waals surface area contributed by atoms with Gasteiger partial charge in [-0.25, -0.2) is 14.4 Å². The zero-order chi connectivity index (χ0) is 23.3. The summed E-state index contributed by atoms with van der Waals surface area (Å²) in [5.74, 6) is -2.19. The highest BCUT2D eigenvalue weighted by molar-refractivity contribution is 5.95. The van der Waals surface area contributed by atoms with Crippen LogP contribution in [0.1, 0.15) is 57.5 Å². The summed E-state index contributed by atoms with van der Waals surface area (Å²) in [6, 6.07) is 2.56. The molecule has 0 radical (unpaired) electrons. The summed E-state index contributed by atoms with van der Waals surface area (Å²) in [5.41, 5.74) is 3.97. The fourth-order valence-corrected chi connectivity index (χ4v) is 2.26. The van der Waals surface area contributed by atoms with Gasteiger partial charge in [0.25, 0.3) is 0 Å². The van der Waals surface area contributed by atoms with E-state index in [-0.39, 0.29) is 23.3 Å². The fraction of sp³-hybridized carbons (Fsp3) is 0.500. The van der Waals surface area contributed by atoms with Crippen molar-refractivity contribution in [2.24, 2.45) is 5.73 Å². The molecule has 0 aromatic heterocycles.